The van der Waals surface area contributed by atoms with Gasteiger partial charge in [0.15, 0.2) is 0 Å². The van der Waals surface area contributed by atoms with Gasteiger partial charge >= 0.3 is 0 Å². The molecule has 0 atom stereocenters. The van der Waals surface area contributed by atoms with Crippen molar-refractivity contribution >= 4 is 40.7 Å². The molecule has 0 saturated carbocycles. The number of nitrogens with one attached hydrogen (secondary N) is 2. The Bertz CT molecular complexity index is 861. The Morgan fingerprint density at radius 1 is 1.03 bits per heavy atom. The third-order valence-electron chi connectivity index (χ3n) is 4.37. The lowest BCUT2D eigenvalue weighted by atomic mass is 10.1. The highest BCUT2D eigenvalue weighted by atomic mass is 35.5. The van der Waals surface area contributed by atoms with Crippen molar-refractivity contribution in [2.45, 2.75) is 26.5 Å². The molecule has 0 fully saturated rings. The molecule has 0 saturated heterocycles. The fourth-order valence-corrected chi connectivity index (χ4v) is 3.45. The third kappa shape index (κ3) is 7.95. The van der Waals surface area contributed by atoms with E-state index in [1.54, 1.807) is 30.2 Å². The summed E-state index contributed by atoms with van der Waals surface area (Å²) in [6.45, 7) is 3.73. The first-order valence-electron chi connectivity index (χ1n) is 9.72. The SMILES string of the molecule is CCCN(CC(=O)NCc1ccccc1COC)CC(=O)Nc1ccc(Cl)cc1Cl. The normalized spacial score (nSPS) is 10.8. The predicted molar refractivity (Wildman–Crippen MR) is 121 cm³/mol. The number of amides is 2. The minimum absolute atomic E-state index is 0.0838. The summed E-state index contributed by atoms with van der Waals surface area (Å²) in [6.07, 6.45) is 0.818. The van der Waals surface area contributed by atoms with Crippen LogP contribution in [0, 0.1) is 0 Å². The Morgan fingerprint density at radius 2 is 1.73 bits per heavy atom. The van der Waals surface area contributed by atoms with Crippen LogP contribution < -0.4 is 10.6 Å². The molecule has 2 aromatic carbocycles. The number of carbonyl (C=O) groups is 2. The Labute approximate surface area is 187 Å². The maximum Gasteiger partial charge on any atom is 0.238 e. The monoisotopic (exact) mass is 451 g/mol. The van der Waals surface area contributed by atoms with Crippen molar-refractivity contribution in [3.63, 3.8) is 0 Å². The summed E-state index contributed by atoms with van der Waals surface area (Å²) in [6, 6.07) is 12.7. The lowest BCUT2D eigenvalue weighted by molar-refractivity contribution is -0.123. The molecular formula is C22H27Cl2N3O3. The molecule has 6 nitrogen and oxygen atoms in total. The molecule has 2 N–H and O–H groups in total. The van der Waals surface area contributed by atoms with Gasteiger partial charge in [0.2, 0.25) is 11.8 Å². The van der Waals surface area contributed by atoms with E-state index < -0.39 is 0 Å². The number of methoxy groups -OCH3 is 1. The molecular weight excluding hydrogens is 425 g/mol. The van der Waals surface area contributed by atoms with Gasteiger partial charge in [-0.25, -0.2) is 0 Å². The van der Waals surface area contributed by atoms with Gasteiger partial charge in [0.05, 0.1) is 30.4 Å². The number of carbonyl (C=O) groups excluding carboxylic acids is 2. The summed E-state index contributed by atoms with van der Waals surface area (Å²) < 4.78 is 5.20. The maximum atomic E-state index is 12.5. The summed E-state index contributed by atoms with van der Waals surface area (Å²) >= 11 is 12.0. The fourth-order valence-electron chi connectivity index (χ4n) is 2.99. The smallest absolute Gasteiger partial charge is 0.238 e. The summed E-state index contributed by atoms with van der Waals surface area (Å²) in [5.41, 5.74) is 2.52. The Balaban J connectivity index is 1.89. The summed E-state index contributed by atoms with van der Waals surface area (Å²) in [5.74, 6) is -0.390. The highest BCUT2D eigenvalue weighted by Gasteiger charge is 2.15. The van der Waals surface area contributed by atoms with E-state index >= 15 is 0 Å². The number of nitrogens with zero attached hydrogens (tertiary/aromatic N) is 1. The number of rotatable bonds is 11. The van der Waals surface area contributed by atoms with Gasteiger partial charge in [0.1, 0.15) is 0 Å². The zero-order valence-electron chi connectivity index (χ0n) is 17.2. The van der Waals surface area contributed by atoms with Crippen molar-refractivity contribution in [3.05, 3.63) is 63.6 Å². The number of benzene rings is 2. The topological polar surface area (TPSA) is 70.7 Å². The van der Waals surface area contributed by atoms with Crippen molar-refractivity contribution in [2.75, 3.05) is 32.1 Å². The molecule has 2 aromatic rings. The van der Waals surface area contributed by atoms with E-state index in [-0.39, 0.29) is 24.9 Å². The Kier molecular flexibility index (Phi) is 10.1. The van der Waals surface area contributed by atoms with Gasteiger partial charge in [-0.3, -0.25) is 14.5 Å². The van der Waals surface area contributed by atoms with E-state index in [1.807, 2.05) is 31.2 Å². The number of halogens is 2. The molecule has 2 amide bonds. The van der Waals surface area contributed by atoms with Gasteiger partial charge in [0, 0.05) is 18.7 Å². The molecule has 8 heteroatoms. The molecule has 0 aliphatic carbocycles. The van der Waals surface area contributed by atoms with Crippen LogP contribution in [-0.2, 0) is 27.5 Å². The summed E-state index contributed by atoms with van der Waals surface area (Å²) in [4.78, 5) is 26.7. The molecule has 2 rings (SSSR count). The van der Waals surface area contributed by atoms with Crippen molar-refractivity contribution in [2.24, 2.45) is 0 Å². The van der Waals surface area contributed by atoms with E-state index in [1.165, 1.54) is 0 Å². The van der Waals surface area contributed by atoms with Gasteiger partial charge < -0.3 is 15.4 Å². The lowest BCUT2D eigenvalue weighted by Crippen LogP contribution is -2.41. The van der Waals surface area contributed by atoms with E-state index in [0.29, 0.717) is 35.4 Å². The zero-order valence-corrected chi connectivity index (χ0v) is 18.7. The molecule has 0 heterocycles. The second-order valence-corrected chi connectivity index (χ2v) is 7.71. The summed E-state index contributed by atoms with van der Waals surface area (Å²) in [7, 11) is 1.64. The Hall–Kier alpha value is -2.12. The van der Waals surface area contributed by atoms with Gasteiger partial charge in [0.25, 0.3) is 0 Å². The highest BCUT2D eigenvalue weighted by Crippen LogP contribution is 2.25. The average Bonchev–Trinajstić information content (AvgIpc) is 2.70. The van der Waals surface area contributed by atoms with Gasteiger partial charge in [-0.15, -0.1) is 0 Å². The minimum atomic E-state index is -0.245. The molecule has 0 unspecified atom stereocenters. The third-order valence-corrected chi connectivity index (χ3v) is 4.92. The highest BCUT2D eigenvalue weighted by molar-refractivity contribution is 6.36. The molecule has 162 valence electrons. The van der Waals surface area contributed by atoms with E-state index in [2.05, 4.69) is 10.6 Å². The molecule has 0 bridgehead atoms. The predicted octanol–water partition coefficient (Wildman–Crippen LogP) is 4.11. The van der Waals surface area contributed by atoms with Crippen molar-refractivity contribution < 1.29 is 14.3 Å². The zero-order chi connectivity index (χ0) is 21.9. The molecule has 0 aliphatic heterocycles. The first-order chi connectivity index (χ1) is 14.4. The van der Waals surface area contributed by atoms with E-state index in [0.717, 1.165) is 17.5 Å². The van der Waals surface area contributed by atoms with E-state index in [9.17, 15) is 9.59 Å². The van der Waals surface area contributed by atoms with Gasteiger partial charge in [-0.05, 0) is 42.3 Å². The van der Waals surface area contributed by atoms with Crippen LogP contribution >= 0.6 is 23.2 Å². The quantitative estimate of drug-likeness (QED) is 0.539. The lowest BCUT2D eigenvalue weighted by Gasteiger charge is -2.21. The number of ether oxygens (including phenoxy) is 1. The molecule has 0 radical (unpaired) electrons. The van der Waals surface area contributed by atoms with Crippen LogP contribution in [0.1, 0.15) is 24.5 Å². The first kappa shape index (κ1) is 24.2. The standard InChI is InChI=1S/C22H27Cl2N3O3/c1-3-10-27(14-22(29)26-20-9-8-18(23)11-19(20)24)13-21(28)25-12-16-6-4-5-7-17(16)15-30-2/h4-9,11H,3,10,12-15H2,1-2H3,(H,25,28)(H,26,29). The van der Waals surface area contributed by atoms with Crippen LogP contribution in [0.5, 0.6) is 0 Å². The number of anilines is 1. The van der Waals surface area contributed by atoms with Crippen LogP contribution in [0.25, 0.3) is 0 Å². The molecule has 0 aromatic heterocycles. The average molecular weight is 452 g/mol. The first-order valence-corrected chi connectivity index (χ1v) is 10.5. The van der Waals surface area contributed by atoms with Crippen LogP contribution in [0.4, 0.5) is 5.69 Å². The second-order valence-electron chi connectivity index (χ2n) is 6.86. The number of hydrogen-bond acceptors (Lipinski definition) is 4. The molecule has 30 heavy (non-hydrogen) atoms. The van der Waals surface area contributed by atoms with Crippen molar-refractivity contribution in [3.8, 4) is 0 Å². The van der Waals surface area contributed by atoms with Crippen LogP contribution in [-0.4, -0.2) is 43.5 Å². The van der Waals surface area contributed by atoms with Crippen molar-refractivity contribution in [1.29, 1.82) is 0 Å². The number of hydrogen-bond donors (Lipinski definition) is 2. The molecule has 0 aliphatic rings. The van der Waals surface area contributed by atoms with Crippen LogP contribution in [0.2, 0.25) is 10.0 Å². The minimum Gasteiger partial charge on any atom is -0.380 e. The molecule has 0 spiro atoms. The Morgan fingerprint density at radius 3 is 2.40 bits per heavy atom. The van der Waals surface area contributed by atoms with Crippen LogP contribution in [0.3, 0.4) is 0 Å². The summed E-state index contributed by atoms with van der Waals surface area (Å²) in [5, 5.41) is 6.54. The maximum absolute atomic E-state index is 12.5. The van der Waals surface area contributed by atoms with E-state index in [4.69, 9.17) is 27.9 Å². The van der Waals surface area contributed by atoms with Crippen LogP contribution in [0.15, 0.2) is 42.5 Å². The second kappa shape index (κ2) is 12.5. The van der Waals surface area contributed by atoms with Crippen molar-refractivity contribution in [1.82, 2.24) is 10.2 Å². The van der Waals surface area contributed by atoms with Gasteiger partial charge in [-0.2, -0.15) is 0 Å². The van der Waals surface area contributed by atoms with Gasteiger partial charge in [-0.1, -0.05) is 54.4 Å². The largest absolute Gasteiger partial charge is 0.380 e. The fraction of sp³-hybridized carbons (Fsp3) is 0.364.